The van der Waals surface area contributed by atoms with Gasteiger partial charge in [-0.1, -0.05) is 32.0 Å². The van der Waals surface area contributed by atoms with E-state index < -0.39 is 0 Å². The van der Waals surface area contributed by atoms with Crippen molar-refractivity contribution in [3.05, 3.63) is 59.4 Å². The van der Waals surface area contributed by atoms with Crippen LogP contribution in [-0.4, -0.2) is 34.3 Å². The van der Waals surface area contributed by atoms with Crippen LogP contribution in [0.1, 0.15) is 65.9 Å². The fourth-order valence-corrected chi connectivity index (χ4v) is 3.67. The van der Waals surface area contributed by atoms with Crippen LogP contribution in [0.4, 0.5) is 5.69 Å². The van der Waals surface area contributed by atoms with Crippen molar-refractivity contribution in [2.24, 2.45) is 0 Å². The molecule has 1 fully saturated rings. The quantitative estimate of drug-likeness (QED) is 0.859. The highest BCUT2D eigenvalue weighted by Gasteiger charge is 2.27. The summed E-state index contributed by atoms with van der Waals surface area (Å²) in [7, 11) is 0. The highest BCUT2D eigenvalue weighted by atomic mass is 16.2. The third kappa shape index (κ3) is 4.35. The second-order valence-corrected chi connectivity index (χ2v) is 6.95. The molecule has 0 bridgehead atoms. The number of carbonyl (C=O) groups is 2. The SMILES string of the molecule is CCc1ccccc1NC(=O)c1ccnc(C(=O)N2CCCCC2CC)c1. The Hall–Kier alpha value is -2.69. The van der Waals surface area contributed by atoms with Gasteiger partial charge in [-0.15, -0.1) is 0 Å². The molecule has 0 saturated carbocycles. The molecule has 1 N–H and O–H groups in total. The first-order chi connectivity index (χ1) is 13.1. The van der Waals surface area contributed by atoms with Gasteiger partial charge in [-0.2, -0.15) is 0 Å². The summed E-state index contributed by atoms with van der Waals surface area (Å²) in [5, 5.41) is 2.95. The molecule has 2 heterocycles. The van der Waals surface area contributed by atoms with Crippen molar-refractivity contribution in [1.82, 2.24) is 9.88 Å². The van der Waals surface area contributed by atoms with Gasteiger partial charge >= 0.3 is 0 Å². The first kappa shape index (κ1) is 19.1. The van der Waals surface area contributed by atoms with E-state index in [1.807, 2.05) is 29.2 Å². The lowest BCUT2D eigenvalue weighted by molar-refractivity contribution is 0.0602. The van der Waals surface area contributed by atoms with Gasteiger partial charge in [0.15, 0.2) is 0 Å². The molecule has 5 nitrogen and oxygen atoms in total. The summed E-state index contributed by atoms with van der Waals surface area (Å²) in [5.41, 5.74) is 2.67. The van der Waals surface area contributed by atoms with Crippen LogP contribution in [0.25, 0.3) is 0 Å². The molecule has 0 aliphatic carbocycles. The largest absolute Gasteiger partial charge is 0.334 e. The number of nitrogens with one attached hydrogen (secondary N) is 1. The summed E-state index contributed by atoms with van der Waals surface area (Å²) in [6.45, 7) is 4.93. The highest BCUT2D eigenvalue weighted by molar-refractivity contribution is 6.06. The van der Waals surface area contributed by atoms with Crippen LogP contribution in [0.15, 0.2) is 42.6 Å². The van der Waals surface area contributed by atoms with E-state index in [0.717, 1.165) is 49.9 Å². The summed E-state index contributed by atoms with van der Waals surface area (Å²) in [6.07, 6.45) is 6.55. The first-order valence-electron chi connectivity index (χ1n) is 9.80. The average molecular weight is 365 g/mol. The van der Waals surface area contributed by atoms with E-state index in [-0.39, 0.29) is 17.9 Å². The zero-order chi connectivity index (χ0) is 19.2. The highest BCUT2D eigenvalue weighted by Crippen LogP contribution is 2.22. The number of hydrogen-bond acceptors (Lipinski definition) is 3. The van der Waals surface area contributed by atoms with Gasteiger partial charge in [0.2, 0.25) is 0 Å². The molecule has 1 aliphatic heterocycles. The molecule has 1 saturated heterocycles. The number of likely N-dealkylation sites (tertiary alicyclic amines) is 1. The Morgan fingerprint density at radius 1 is 1.19 bits per heavy atom. The number of anilines is 1. The Bertz CT molecular complexity index is 819. The second-order valence-electron chi connectivity index (χ2n) is 6.95. The van der Waals surface area contributed by atoms with Gasteiger partial charge in [0.25, 0.3) is 11.8 Å². The monoisotopic (exact) mass is 365 g/mol. The molecule has 142 valence electrons. The first-order valence-corrected chi connectivity index (χ1v) is 9.80. The maximum absolute atomic E-state index is 12.9. The van der Waals surface area contributed by atoms with Crippen LogP contribution >= 0.6 is 0 Å². The molecular formula is C22H27N3O2. The molecule has 2 amide bonds. The lowest BCUT2D eigenvalue weighted by Crippen LogP contribution is -2.43. The standard InChI is InChI=1S/C22H27N3O2/c1-3-16-9-5-6-11-19(16)24-21(26)17-12-13-23-20(15-17)22(27)25-14-8-7-10-18(25)4-2/h5-6,9,11-13,15,18H,3-4,7-8,10,14H2,1-2H3,(H,24,26). The molecule has 1 unspecified atom stereocenters. The Balaban J connectivity index is 1.78. The summed E-state index contributed by atoms with van der Waals surface area (Å²) < 4.78 is 0. The van der Waals surface area contributed by atoms with Gasteiger partial charge in [0.05, 0.1) is 0 Å². The third-order valence-corrected chi connectivity index (χ3v) is 5.25. The maximum Gasteiger partial charge on any atom is 0.272 e. The molecule has 2 aromatic rings. The molecule has 0 radical (unpaired) electrons. The average Bonchev–Trinajstić information content (AvgIpc) is 2.73. The zero-order valence-electron chi connectivity index (χ0n) is 16.1. The number of carbonyl (C=O) groups excluding carboxylic acids is 2. The smallest absolute Gasteiger partial charge is 0.272 e. The number of benzene rings is 1. The summed E-state index contributed by atoms with van der Waals surface area (Å²) >= 11 is 0. The van der Waals surface area contributed by atoms with E-state index in [0.29, 0.717) is 11.3 Å². The number of piperidine rings is 1. The number of amides is 2. The van der Waals surface area contributed by atoms with E-state index in [1.165, 1.54) is 0 Å². The van der Waals surface area contributed by atoms with Crippen molar-refractivity contribution in [3.8, 4) is 0 Å². The van der Waals surface area contributed by atoms with Crippen molar-refractivity contribution in [1.29, 1.82) is 0 Å². The molecule has 5 heteroatoms. The number of nitrogens with zero attached hydrogens (tertiary/aromatic N) is 2. The molecular weight excluding hydrogens is 338 g/mol. The molecule has 3 rings (SSSR count). The summed E-state index contributed by atoms with van der Waals surface area (Å²) in [5.74, 6) is -0.303. The lowest BCUT2D eigenvalue weighted by atomic mass is 9.99. The minimum atomic E-state index is -0.224. The lowest BCUT2D eigenvalue weighted by Gasteiger charge is -2.35. The zero-order valence-corrected chi connectivity index (χ0v) is 16.1. The molecule has 1 atom stereocenters. The Morgan fingerprint density at radius 2 is 2.00 bits per heavy atom. The fraction of sp³-hybridized carbons (Fsp3) is 0.409. The number of aromatic nitrogens is 1. The molecule has 0 spiro atoms. The van der Waals surface area contributed by atoms with E-state index >= 15 is 0 Å². The van der Waals surface area contributed by atoms with Crippen molar-refractivity contribution in [3.63, 3.8) is 0 Å². The Kier molecular flexibility index (Phi) is 6.22. The van der Waals surface area contributed by atoms with E-state index in [1.54, 1.807) is 18.3 Å². The summed E-state index contributed by atoms with van der Waals surface area (Å²) in [6, 6.07) is 11.3. The minimum absolute atomic E-state index is 0.0786. The van der Waals surface area contributed by atoms with Gasteiger partial charge in [0.1, 0.15) is 5.69 Å². The minimum Gasteiger partial charge on any atom is -0.334 e. The Labute approximate surface area is 160 Å². The number of para-hydroxylation sites is 1. The fourth-order valence-electron chi connectivity index (χ4n) is 3.67. The predicted molar refractivity (Wildman–Crippen MR) is 107 cm³/mol. The Morgan fingerprint density at radius 3 is 2.78 bits per heavy atom. The predicted octanol–water partition coefficient (Wildman–Crippen LogP) is 4.30. The van der Waals surface area contributed by atoms with Gasteiger partial charge < -0.3 is 10.2 Å². The third-order valence-electron chi connectivity index (χ3n) is 5.25. The van der Waals surface area contributed by atoms with E-state index in [2.05, 4.69) is 24.1 Å². The van der Waals surface area contributed by atoms with Crippen molar-refractivity contribution in [2.45, 2.75) is 52.0 Å². The normalized spacial score (nSPS) is 16.8. The van der Waals surface area contributed by atoms with Crippen LogP contribution < -0.4 is 5.32 Å². The van der Waals surface area contributed by atoms with E-state index in [9.17, 15) is 9.59 Å². The van der Waals surface area contributed by atoms with Crippen LogP contribution in [0.5, 0.6) is 0 Å². The number of hydrogen-bond donors (Lipinski definition) is 1. The number of pyridine rings is 1. The van der Waals surface area contributed by atoms with Gasteiger partial charge in [-0.25, -0.2) is 0 Å². The van der Waals surface area contributed by atoms with Gasteiger partial charge in [-0.3, -0.25) is 14.6 Å². The van der Waals surface area contributed by atoms with Crippen molar-refractivity contribution < 1.29 is 9.59 Å². The number of rotatable bonds is 5. The second kappa shape index (κ2) is 8.80. The van der Waals surface area contributed by atoms with Crippen LogP contribution in [0.3, 0.4) is 0 Å². The van der Waals surface area contributed by atoms with Crippen LogP contribution in [0, 0.1) is 0 Å². The van der Waals surface area contributed by atoms with E-state index in [4.69, 9.17) is 0 Å². The van der Waals surface area contributed by atoms with Crippen LogP contribution in [-0.2, 0) is 6.42 Å². The number of aryl methyl sites for hydroxylation is 1. The van der Waals surface area contributed by atoms with Gasteiger partial charge in [0, 0.05) is 30.0 Å². The van der Waals surface area contributed by atoms with Crippen molar-refractivity contribution in [2.75, 3.05) is 11.9 Å². The molecule has 1 aliphatic rings. The summed E-state index contributed by atoms with van der Waals surface area (Å²) in [4.78, 5) is 31.8. The van der Waals surface area contributed by atoms with Crippen LogP contribution in [0.2, 0.25) is 0 Å². The molecule has 27 heavy (non-hydrogen) atoms. The van der Waals surface area contributed by atoms with Crippen molar-refractivity contribution >= 4 is 17.5 Å². The molecule has 1 aromatic heterocycles. The van der Waals surface area contributed by atoms with Gasteiger partial charge in [-0.05, 0) is 55.9 Å². The molecule has 1 aromatic carbocycles. The topological polar surface area (TPSA) is 62.3 Å². The maximum atomic E-state index is 12.9.